The molecule has 0 bridgehead atoms. The molecule has 1 aromatic heterocycles. The largest absolute Gasteiger partial charge is 0.477 e. The number of esters is 1. The van der Waals surface area contributed by atoms with Crippen LogP contribution in [0, 0.1) is 6.92 Å². The minimum Gasteiger partial charge on any atom is -0.477 e. The first-order valence-electron chi connectivity index (χ1n) is 13.2. The van der Waals surface area contributed by atoms with Crippen molar-refractivity contribution in [2.24, 2.45) is 0 Å². The van der Waals surface area contributed by atoms with Crippen molar-refractivity contribution in [1.29, 1.82) is 0 Å². The van der Waals surface area contributed by atoms with E-state index in [0.717, 1.165) is 19.4 Å². The molecule has 0 radical (unpaired) electrons. The number of carbonyl (C=O) groups is 1. The van der Waals surface area contributed by atoms with Crippen molar-refractivity contribution in [3.8, 4) is 5.88 Å². The highest BCUT2D eigenvalue weighted by Crippen LogP contribution is 2.33. The van der Waals surface area contributed by atoms with E-state index in [2.05, 4.69) is 10.3 Å². The van der Waals surface area contributed by atoms with Gasteiger partial charge >= 0.3 is 5.97 Å². The molecule has 0 amide bonds. The lowest BCUT2D eigenvalue weighted by atomic mass is 9.92. The molecule has 0 spiro atoms. The summed E-state index contributed by atoms with van der Waals surface area (Å²) in [4.78, 5) is 17.0. The summed E-state index contributed by atoms with van der Waals surface area (Å²) in [6.07, 6.45) is 4.27. The molecule has 1 saturated carbocycles. The summed E-state index contributed by atoms with van der Waals surface area (Å²) >= 11 is 0. The third-order valence-corrected chi connectivity index (χ3v) is 8.56. The second-order valence-corrected chi connectivity index (χ2v) is 12.9. The first kappa shape index (κ1) is 29.7. The predicted octanol–water partition coefficient (Wildman–Crippen LogP) is 4.60. The van der Waals surface area contributed by atoms with Gasteiger partial charge in [-0.1, -0.05) is 0 Å². The van der Waals surface area contributed by atoms with Gasteiger partial charge in [-0.3, -0.25) is 4.79 Å². The molecule has 8 nitrogen and oxygen atoms in total. The van der Waals surface area contributed by atoms with Gasteiger partial charge in [0.05, 0.1) is 6.61 Å². The number of hydrogen-bond donors (Lipinski definition) is 1. The Morgan fingerprint density at radius 2 is 1.86 bits per heavy atom. The van der Waals surface area contributed by atoms with Crippen LogP contribution in [-0.4, -0.2) is 67.0 Å². The molecule has 11 heteroatoms. The number of ether oxygens (including phenoxy) is 2. The first-order chi connectivity index (χ1) is 17.3. The molecule has 3 rings (SSSR count). The topological polar surface area (TPSA) is 97.8 Å². The van der Waals surface area contributed by atoms with E-state index in [1.165, 1.54) is 10.4 Å². The van der Waals surface area contributed by atoms with E-state index in [1.807, 2.05) is 0 Å². The van der Waals surface area contributed by atoms with Gasteiger partial charge in [-0.05, 0) is 91.3 Å². The first-order valence-corrected chi connectivity index (χ1v) is 14.7. The Morgan fingerprint density at radius 1 is 1.16 bits per heavy atom. The van der Waals surface area contributed by atoms with E-state index in [1.54, 1.807) is 33.8 Å². The molecule has 1 N–H and O–H groups in total. The van der Waals surface area contributed by atoms with Crippen LogP contribution >= 0.6 is 0 Å². The quantitative estimate of drug-likeness (QED) is 0.321. The third kappa shape index (κ3) is 8.58. The Kier molecular flexibility index (Phi) is 9.90. The molecule has 0 aromatic carbocycles. The van der Waals surface area contributed by atoms with Gasteiger partial charge in [-0.15, -0.1) is 0 Å². The van der Waals surface area contributed by atoms with Gasteiger partial charge < -0.3 is 14.8 Å². The molecule has 2 fully saturated rings. The smallest absolute Gasteiger partial charge is 0.324 e. The number of sulfonamides is 1. The maximum Gasteiger partial charge on any atom is 0.324 e. The predicted molar refractivity (Wildman–Crippen MR) is 136 cm³/mol. The Hall–Kier alpha value is -1.85. The van der Waals surface area contributed by atoms with Gasteiger partial charge in [0.1, 0.15) is 16.5 Å². The molecular formula is C26H41F2N3O5S. The summed E-state index contributed by atoms with van der Waals surface area (Å²) in [5.41, 5.74) is -0.0867. The van der Waals surface area contributed by atoms with Crippen LogP contribution in [0.15, 0.2) is 17.0 Å². The average molecular weight is 546 g/mol. The third-order valence-electron chi connectivity index (χ3n) is 6.64. The molecule has 2 aliphatic rings. The molecule has 0 unspecified atom stereocenters. The SMILES string of the molecule is Cc1ccc(S(=O)(=O)N2CCC[C@H]2C(=O)OC(C)(C)C)c(OCCCCCNC2CCC(F)(F)CC2)n1. The number of carbonyl (C=O) groups excluding carboxylic acids is 1. The number of nitrogens with one attached hydrogen (secondary N) is 1. The number of alkyl halides is 2. The fraction of sp³-hybridized carbons (Fsp3) is 0.769. The zero-order valence-electron chi connectivity index (χ0n) is 22.4. The van der Waals surface area contributed by atoms with Crippen molar-refractivity contribution in [3.63, 3.8) is 0 Å². The normalized spacial score (nSPS) is 21.2. The van der Waals surface area contributed by atoms with E-state index in [9.17, 15) is 22.0 Å². The zero-order chi connectivity index (χ0) is 27.3. The Labute approximate surface area is 219 Å². The number of aryl methyl sites for hydroxylation is 1. The fourth-order valence-corrected chi connectivity index (χ4v) is 6.42. The van der Waals surface area contributed by atoms with Crippen LogP contribution in [-0.2, 0) is 19.6 Å². The summed E-state index contributed by atoms with van der Waals surface area (Å²) in [6, 6.07) is 2.37. The lowest BCUT2D eigenvalue weighted by Gasteiger charge is -2.28. The van der Waals surface area contributed by atoms with Crippen molar-refractivity contribution < 1.29 is 31.5 Å². The van der Waals surface area contributed by atoms with Crippen molar-refractivity contribution in [2.75, 3.05) is 19.7 Å². The summed E-state index contributed by atoms with van der Waals surface area (Å²) < 4.78 is 66.1. The fourth-order valence-electron chi connectivity index (χ4n) is 4.70. The monoisotopic (exact) mass is 545 g/mol. The van der Waals surface area contributed by atoms with Crippen molar-refractivity contribution in [3.05, 3.63) is 17.8 Å². The van der Waals surface area contributed by atoms with Gasteiger partial charge in [0.25, 0.3) is 0 Å². The lowest BCUT2D eigenvalue weighted by molar-refractivity contribution is -0.158. The van der Waals surface area contributed by atoms with Crippen LogP contribution in [0.1, 0.15) is 84.3 Å². The number of nitrogens with zero attached hydrogens (tertiary/aromatic N) is 2. The number of unbranched alkanes of at least 4 members (excludes halogenated alkanes) is 2. The minimum atomic E-state index is -4.03. The number of halogens is 2. The Balaban J connectivity index is 1.53. The van der Waals surface area contributed by atoms with Crippen molar-refractivity contribution in [2.45, 2.75) is 114 Å². The molecule has 1 aliphatic heterocycles. The van der Waals surface area contributed by atoms with Crippen LogP contribution in [0.25, 0.3) is 0 Å². The second-order valence-electron chi connectivity index (χ2n) is 11.1. The summed E-state index contributed by atoms with van der Waals surface area (Å²) in [5.74, 6) is -3.03. The number of pyridine rings is 1. The molecule has 37 heavy (non-hydrogen) atoms. The molecule has 1 aliphatic carbocycles. The van der Waals surface area contributed by atoms with Gasteiger partial charge in [0.15, 0.2) is 0 Å². The van der Waals surface area contributed by atoms with Crippen LogP contribution in [0.2, 0.25) is 0 Å². The maximum atomic E-state index is 13.6. The van der Waals surface area contributed by atoms with E-state index in [-0.39, 0.29) is 36.2 Å². The van der Waals surface area contributed by atoms with Crippen LogP contribution in [0.5, 0.6) is 5.88 Å². The van der Waals surface area contributed by atoms with Gasteiger partial charge in [0, 0.05) is 31.1 Å². The molecule has 1 saturated heterocycles. The van der Waals surface area contributed by atoms with Crippen molar-refractivity contribution >= 4 is 16.0 Å². The van der Waals surface area contributed by atoms with Crippen LogP contribution < -0.4 is 10.1 Å². The van der Waals surface area contributed by atoms with E-state index < -0.39 is 33.6 Å². The highest BCUT2D eigenvalue weighted by Gasteiger charge is 2.43. The van der Waals surface area contributed by atoms with E-state index in [4.69, 9.17) is 9.47 Å². The molecular weight excluding hydrogens is 504 g/mol. The summed E-state index contributed by atoms with van der Waals surface area (Å²) in [5, 5.41) is 3.35. The second kappa shape index (κ2) is 12.3. The number of hydrogen-bond acceptors (Lipinski definition) is 7. The highest BCUT2D eigenvalue weighted by molar-refractivity contribution is 7.89. The summed E-state index contributed by atoms with van der Waals surface area (Å²) in [6.45, 7) is 8.29. The van der Waals surface area contributed by atoms with Crippen LogP contribution in [0.3, 0.4) is 0 Å². The van der Waals surface area contributed by atoms with E-state index in [0.29, 0.717) is 44.4 Å². The number of aromatic nitrogens is 1. The standard InChI is InChI=1S/C26H41F2N3O5S/c1-19-10-11-22(37(33,34)31-17-8-9-21(31)24(32)36-25(2,3)4)23(30-19)35-18-7-5-6-16-29-20-12-14-26(27,28)15-13-20/h10-11,20-21,29H,5-9,12-18H2,1-4H3/t21-/m0/s1. The van der Waals surface area contributed by atoms with Gasteiger partial charge in [0.2, 0.25) is 21.8 Å². The lowest BCUT2D eigenvalue weighted by Crippen LogP contribution is -2.43. The molecule has 210 valence electrons. The molecule has 1 aromatic rings. The van der Waals surface area contributed by atoms with Gasteiger partial charge in [-0.2, -0.15) is 4.31 Å². The molecule has 2 heterocycles. The molecule has 1 atom stereocenters. The van der Waals surface area contributed by atoms with Gasteiger partial charge in [-0.25, -0.2) is 22.2 Å². The highest BCUT2D eigenvalue weighted by atomic mass is 32.2. The Bertz CT molecular complexity index is 1020. The average Bonchev–Trinajstić information content (AvgIpc) is 3.29. The number of rotatable bonds is 11. The Morgan fingerprint density at radius 3 is 2.54 bits per heavy atom. The van der Waals surface area contributed by atoms with E-state index >= 15 is 0 Å². The van der Waals surface area contributed by atoms with Crippen molar-refractivity contribution in [1.82, 2.24) is 14.6 Å². The minimum absolute atomic E-state index is 0.0381. The maximum absolute atomic E-state index is 13.6. The zero-order valence-corrected chi connectivity index (χ0v) is 23.2. The summed E-state index contributed by atoms with van der Waals surface area (Å²) in [7, 11) is -4.03. The van der Waals surface area contributed by atoms with Crippen LogP contribution in [0.4, 0.5) is 8.78 Å².